The topological polar surface area (TPSA) is 90.9 Å². The summed E-state index contributed by atoms with van der Waals surface area (Å²) in [4.78, 5) is 25.7. The summed E-state index contributed by atoms with van der Waals surface area (Å²) in [6.45, 7) is 4.06. The highest BCUT2D eigenvalue weighted by atomic mass is 16.2. The minimum Gasteiger partial charge on any atom is -0.352 e. The third-order valence-corrected chi connectivity index (χ3v) is 5.52. The molecule has 8 heteroatoms. The molecule has 3 heterocycles. The van der Waals surface area contributed by atoms with Gasteiger partial charge in [-0.05, 0) is 19.8 Å². The van der Waals surface area contributed by atoms with Crippen molar-refractivity contribution in [3.63, 3.8) is 0 Å². The molecule has 0 spiro atoms. The molecule has 2 fully saturated rings. The first kappa shape index (κ1) is 17.5. The minimum atomic E-state index is 0.0928. The van der Waals surface area contributed by atoms with E-state index in [1.165, 1.54) is 0 Å². The number of carbonyl (C=O) groups excluding carboxylic acids is 1. The summed E-state index contributed by atoms with van der Waals surface area (Å²) in [5.74, 6) is 1.68. The molecule has 1 saturated heterocycles. The number of aromatic nitrogens is 4. The summed E-state index contributed by atoms with van der Waals surface area (Å²) in [5, 5.41) is 13.7. The quantitative estimate of drug-likeness (QED) is 0.820. The van der Waals surface area contributed by atoms with E-state index in [0.717, 1.165) is 24.8 Å². The van der Waals surface area contributed by atoms with Crippen LogP contribution in [0, 0.1) is 17.2 Å². The van der Waals surface area contributed by atoms with Gasteiger partial charge in [-0.3, -0.25) is 9.48 Å². The van der Waals surface area contributed by atoms with Crippen molar-refractivity contribution in [2.45, 2.75) is 32.2 Å². The lowest BCUT2D eigenvalue weighted by molar-refractivity contribution is -0.140. The Bertz CT molecular complexity index is 896. The molecule has 2 aromatic rings. The average Bonchev–Trinajstić information content (AvgIpc) is 3.06. The fourth-order valence-corrected chi connectivity index (χ4v) is 3.74. The summed E-state index contributed by atoms with van der Waals surface area (Å²) in [7, 11) is 1.84. The number of nitriles is 1. The summed E-state index contributed by atoms with van der Waals surface area (Å²) >= 11 is 0. The van der Waals surface area contributed by atoms with Crippen molar-refractivity contribution >= 4 is 11.7 Å². The van der Waals surface area contributed by atoms with Crippen molar-refractivity contribution < 1.29 is 4.79 Å². The van der Waals surface area contributed by atoms with Crippen molar-refractivity contribution in [2.75, 3.05) is 24.5 Å². The fraction of sp³-hybridized carbons (Fsp3) is 0.526. The van der Waals surface area contributed by atoms with Crippen LogP contribution in [0.3, 0.4) is 0 Å². The van der Waals surface area contributed by atoms with E-state index < -0.39 is 0 Å². The fourth-order valence-electron chi connectivity index (χ4n) is 3.74. The van der Waals surface area contributed by atoms with Gasteiger partial charge in [0.1, 0.15) is 11.6 Å². The summed E-state index contributed by atoms with van der Waals surface area (Å²) < 4.78 is 1.70. The van der Waals surface area contributed by atoms with E-state index >= 15 is 0 Å². The number of anilines is 1. The zero-order chi connectivity index (χ0) is 19.0. The van der Waals surface area contributed by atoms with Gasteiger partial charge in [-0.1, -0.05) is 6.42 Å². The first-order valence-corrected chi connectivity index (χ1v) is 9.38. The van der Waals surface area contributed by atoms with Gasteiger partial charge in [-0.15, -0.1) is 0 Å². The van der Waals surface area contributed by atoms with Gasteiger partial charge >= 0.3 is 0 Å². The zero-order valence-electron chi connectivity index (χ0n) is 15.7. The van der Waals surface area contributed by atoms with E-state index in [1.807, 2.05) is 18.1 Å². The predicted octanol–water partition coefficient (Wildman–Crippen LogP) is 1.59. The molecule has 27 heavy (non-hydrogen) atoms. The Morgan fingerprint density at radius 3 is 2.70 bits per heavy atom. The number of carbonyl (C=O) groups is 1. The number of piperazine rings is 1. The molecule has 0 bridgehead atoms. The van der Waals surface area contributed by atoms with E-state index in [2.05, 4.69) is 33.0 Å². The molecular formula is C19H23N7O. The largest absolute Gasteiger partial charge is 0.352 e. The van der Waals surface area contributed by atoms with Crippen LogP contribution in [-0.4, -0.2) is 56.2 Å². The molecule has 2 aliphatic rings. The predicted molar refractivity (Wildman–Crippen MR) is 99.7 cm³/mol. The Balaban J connectivity index is 1.56. The second-order valence-electron chi connectivity index (χ2n) is 7.40. The lowest BCUT2D eigenvalue weighted by Gasteiger charge is -2.43. The molecule has 1 atom stereocenters. The maximum absolute atomic E-state index is 12.6. The highest BCUT2D eigenvalue weighted by molar-refractivity contribution is 5.80. The summed E-state index contributed by atoms with van der Waals surface area (Å²) in [6.07, 6.45) is 8.33. The highest BCUT2D eigenvalue weighted by Gasteiger charge is 2.35. The van der Waals surface area contributed by atoms with Gasteiger partial charge < -0.3 is 9.80 Å². The molecular weight excluding hydrogens is 342 g/mol. The Labute approximate surface area is 158 Å². The van der Waals surface area contributed by atoms with Gasteiger partial charge in [-0.25, -0.2) is 9.97 Å². The van der Waals surface area contributed by atoms with Crippen LogP contribution in [0.15, 0.2) is 18.6 Å². The van der Waals surface area contributed by atoms with Crippen molar-refractivity contribution in [1.82, 2.24) is 24.6 Å². The van der Waals surface area contributed by atoms with Crippen molar-refractivity contribution in [3.05, 3.63) is 24.2 Å². The maximum atomic E-state index is 12.6. The lowest BCUT2D eigenvalue weighted by atomic mass is 9.84. The molecule has 140 valence electrons. The molecule has 8 nitrogen and oxygen atoms in total. The Morgan fingerprint density at radius 2 is 2.11 bits per heavy atom. The Hall–Kier alpha value is -2.95. The number of hydrogen-bond acceptors (Lipinski definition) is 6. The van der Waals surface area contributed by atoms with E-state index in [-0.39, 0.29) is 17.9 Å². The smallest absolute Gasteiger partial charge is 0.226 e. The third-order valence-electron chi connectivity index (χ3n) is 5.52. The van der Waals surface area contributed by atoms with Crippen LogP contribution in [0.5, 0.6) is 0 Å². The van der Waals surface area contributed by atoms with Crippen LogP contribution in [0.2, 0.25) is 0 Å². The van der Waals surface area contributed by atoms with Crippen molar-refractivity contribution in [1.29, 1.82) is 5.26 Å². The normalized spacial score (nSPS) is 20.3. The van der Waals surface area contributed by atoms with Crippen LogP contribution in [0.1, 0.15) is 31.7 Å². The van der Waals surface area contributed by atoms with Gasteiger partial charge in [0.05, 0.1) is 18.0 Å². The minimum absolute atomic E-state index is 0.0928. The van der Waals surface area contributed by atoms with Gasteiger partial charge in [0.15, 0.2) is 11.6 Å². The Morgan fingerprint density at radius 1 is 1.30 bits per heavy atom. The maximum Gasteiger partial charge on any atom is 0.226 e. The molecule has 0 N–H and O–H groups in total. The van der Waals surface area contributed by atoms with Crippen LogP contribution in [0.4, 0.5) is 5.82 Å². The molecule has 0 unspecified atom stereocenters. The van der Waals surface area contributed by atoms with Crippen LogP contribution < -0.4 is 4.90 Å². The number of aryl methyl sites for hydroxylation is 1. The standard InChI is InChI=1S/C19H23N7O/c1-13-11-25(6-7-26(13)19(27)14-4-3-5-14)18-15(8-20)9-21-17(23-18)16-10-22-24(2)12-16/h9-10,12-14H,3-7,11H2,1-2H3/t13-/m1/s1. The second-order valence-corrected chi connectivity index (χ2v) is 7.40. The molecule has 1 aliphatic carbocycles. The first-order valence-electron chi connectivity index (χ1n) is 9.38. The van der Waals surface area contributed by atoms with E-state index in [0.29, 0.717) is 36.8 Å². The molecule has 1 aliphatic heterocycles. The summed E-state index contributed by atoms with van der Waals surface area (Å²) in [6, 6.07) is 2.29. The number of nitrogens with zero attached hydrogens (tertiary/aromatic N) is 7. The molecule has 0 aromatic carbocycles. The third kappa shape index (κ3) is 3.25. The van der Waals surface area contributed by atoms with Crippen LogP contribution in [-0.2, 0) is 11.8 Å². The molecule has 0 radical (unpaired) electrons. The van der Waals surface area contributed by atoms with E-state index in [4.69, 9.17) is 0 Å². The number of amides is 1. The van der Waals surface area contributed by atoms with Crippen LogP contribution >= 0.6 is 0 Å². The van der Waals surface area contributed by atoms with Gasteiger partial charge in [0.2, 0.25) is 5.91 Å². The number of rotatable bonds is 3. The zero-order valence-corrected chi connectivity index (χ0v) is 15.7. The van der Waals surface area contributed by atoms with E-state index in [1.54, 1.807) is 17.1 Å². The molecule has 4 rings (SSSR count). The second kappa shape index (κ2) is 6.99. The van der Waals surface area contributed by atoms with Crippen molar-refractivity contribution in [2.24, 2.45) is 13.0 Å². The van der Waals surface area contributed by atoms with Gasteiger partial charge in [0, 0.05) is 44.8 Å². The van der Waals surface area contributed by atoms with Crippen LogP contribution in [0.25, 0.3) is 11.4 Å². The van der Waals surface area contributed by atoms with Gasteiger partial charge in [0.25, 0.3) is 0 Å². The van der Waals surface area contributed by atoms with E-state index in [9.17, 15) is 10.1 Å². The average molecular weight is 365 g/mol. The molecule has 2 aromatic heterocycles. The van der Waals surface area contributed by atoms with Gasteiger partial charge in [-0.2, -0.15) is 10.4 Å². The molecule has 1 saturated carbocycles. The highest BCUT2D eigenvalue weighted by Crippen LogP contribution is 2.30. The monoisotopic (exact) mass is 365 g/mol. The van der Waals surface area contributed by atoms with Crippen molar-refractivity contribution in [3.8, 4) is 17.5 Å². The summed E-state index contributed by atoms with van der Waals surface area (Å²) in [5.41, 5.74) is 1.27. The Kier molecular flexibility index (Phi) is 4.52. The SMILES string of the molecule is C[C@@H]1CN(c2nc(-c3cnn(C)c3)ncc2C#N)CCN1C(=O)C1CCC1. The molecule has 1 amide bonds. The lowest BCUT2D eigenvalue weighted by Crippen LogP contribution is -2.56. The first-order chi connectivity index (χ1) is 13.1. The number of hydrogen-bond donors (Lipinski definition) is 0.